The molecule has 0 aliphatic heterocycles. The van der Waals surface area contributed by atoms with Gasteiger partial charge in [0.1, 0.15) is 0 Å². The Kier molecular flexibility index (Phi) is 2.44. The quantitative estimate of drug-likeness (QED) is 0.686. The molecular weight excluding hydrogens is 278 g/mol. The van der Waals surface area contributed by atoms with Crippen molar-refractivity contribution >= 4 is 26.8 Å². The van der Waals surface area contributed by atoms with Gasteiger partial charge in [0, 0.05) is 21.7 Å². The summed E-state index contributed by atoms with van der Waals surface area (Å²) in [5, 5.41) is 5.46. The standard InChI is InChI=1S/C13H10BrN3/c1-9-5-13-10(7-15-9)8-16-17(13)12-4-2-3-11(14)6-12/h2-8H,1H3. The van der Waals surface area contributed by atoms with Crippen LogP contribution in [0.4, 0.5) is 0 Å². The first-order chi connectivity index (χ1) is 8.24. The van der Waals surface area contributed by atoms with Crippen LogP contribution in [0, 0.1) is 6.92 Å². The van der Waals surface area contributed by atoms with Crippen molar-refractivity contribution < 1.29 is 0 Å². The van der Waals surface area contributed by atoms with Gasteiger partial charge in [0.25, 0.3) is 0 Å². The second-order valence-corrected chi connectivity index (χ2v) is 4.84. The number of aromatic nitrogens is 3. The fourth-order valence-corrected chi connectivity index (χ4v) is 2.22. The van der Waals surface area contributed by atoms with Gasteiger partial charge in [-0.1, -0.05) is 22.0 Å². The highest BCUT2D eigenvalue weighted by Gasteiger charge is 2.05. The van der Waals surface area contributed by atoms with Gasteiger partial charge in [-0.15, -0.1) is 0 Å². The Morgan fingerprint density at radius 1 is 1.18 bits per heavy atom. The predicted molar refractivity (Wildman–Crippen MR) is 71.3 cm³/mol. The van der Waals surface area contributed by atoms with Crippen LogP contribution in [0.25, 0.3) is 16.6 Å². The van der Waals surface area contributed by atoms with Crippen LogP contribution in [-0.4, -0.2) is 14.8 Å². The van der Waals surface area contributed by atoms with E-state index in [0.29, 0.717) is 0 Å². The minimum atomic E-state index is 0.995. The Hall–Kier alpha value is -1.68. The highest BCUT2D eigenvalue weighted by molar-refractivity contribution is 9.10. The van der Waals surface area contributed by atoms with Crippen LogP contribution < -0.4 is 0 Å². The van der Waals surface area contributed by atoms with Crippen LogP contribution in [0.3, 0.4) is 0 Å². The molecule has 0 unspecified atom stereocenters. The van der Waals surface area contributed by atoms with Crippen molar-refractivity contribution in [1.82, 2.24) is 14.8 Å². The molecule has 0 amide bonds. The summed E-state index contributed by atoms with van der Waals surface area (Å²) >= 11 is 3.47. The van der Waals surface area contributed by atoms with Crippen LogP contribution in [0.5, 0.6) is 0 Å². The van der Waals surface area contributed by atoms with Crippen LogP contribution in [0.2, 0.25) is 0 Å². The molecule has 0 bridgehead atoms. The van der Waals surface area contributed by atoms with E-state index in [-0.39, 0.29) is 0 Å². The minimum absolute atomic E-state index is 0.995. The number of halogens is 1. The van der Waals surface area contributed by atoms with E-state index >= 15 is 0 Å². The van der Waals surface area contributed by atoms with Gasteiger partial charge in [-0.3, -0.25) is 4.98 Å². The van der Waals surface area contributed by atoms with Crippen LogP contribution >= 0.6 is 15.9 Å². The third-order valence-corrected chi connectivity index (χ3v) is 3.14. The molecule has 17 heavy (non-hydrogen) atoms. The lowest BCUT2D eigenvalue weighted by atomic mass is 10.3. The number of benzene rings is 1. The molecule has 0 atom stereocenters. The molecule has 84 valence electrons. The summed E-state index contributed by atoms with van der Waals surface area (Å²) in [6.45, 7) is 1.98. The van der Waals surface area contributed by atoms with Crippen molar-refractivity contribution in [3.05, 3.63) is 52.9 Å². The van der Waals surface area contributed by atoms with E-state index in [0.717, 1.165) is 26.8 Å². The normalized spacial score (nSPS) is 10.9. The number of rotatable bonds is 1. The summed E-state index contributed by atoms with van der Waals surface area (Å²) in [5.41, 5.74) is 3.12. The van der Waals surface area contributed by atoms with E-state index in [9.17, 15) is 0 Å². The van der Waals surface area contributed by atoms with Gasteiger partial charge in [-0.25, -0.2) is 4.68 Å². The van der Waals surface area contributed by atoms with Gasteiger partial charge in [-0.05, 0) is 31.2 Å². The van der Waals surface area contributed by atoms with Gasteiger partial charge in [0.2, 0.25) is 0 Å². The molecule has 0 aliphatic rings. The summed E-state index contributed by atoms with van der Waals surface area (Å²) < 4.78 is 2.97. The second-order valence-electron chi connectivity index (χ2n) is 3.92. The van der Waals surface area contributed by atoms with Crippen molar-refractivity contribution in [2.45, 2.75) is 6.92 Å². The van der Waals surface area contributed by atoms with Gasteiger partial charge >= 0.3 is 0 Å². The maximum absolute atomic E-state index is 4.40. The monoisotopic (exact) mass is 287 g/mol. The first-order valence-corrected chi connectivity index (χ1v) is 6.10. The van der Waals surface area contributed by atoms with Gasteiger partial charge in [-0.2, -0.15) is 5.10 Å². The molecule has 0 saturated heterocycles. The summed E-state index contributed by atoms with van der Waals surface area (Å²) in [6.07, 6.45) is 3.69. The fraction of sp³-hybridized carbons (Fsp3) is 0.0769. The Morgan fingerprint density at radius 3 is 2.88 bits per heavy atom. The largest absolute Gasteiger partial charge is 0.261 e. The molecule has 0 radical (unpaired) electrons. The molecule has 0 saturated carbocycles. The third-order valence-electron chi connectivity index (χ3n) is 2.64. The molecule has 1 aromatic carbocycles. The number of hydrogen-bond donors (Lipinski definition) is 0. The van der Waals surface area contributed by atoms with Gasteiger partial charge < -0.3 is 0 Å². The molecule has 4 heteroatoms. The Labute approximate surface area is 107 Å². The smallest absolute Gasteiger partial charge is 0.0774 e. The molecular formula is C13H10BrN3. The molecule has 0 aliphatic carbocycles. The molecule has 3 aromatic rings. The maximum atomic E-state index is 4.40. The number of nitrogens with zero attached hydrogens (tertiary/aromatic N) is 3. The summed E-state index contributed by atoms with van der Waals surface area (Å²) in [5.74, 6) is 0. The molecule has 0 N–H and O–H groups in total. The minimum Gasteiger partial charge on any atom is -0.261 e. The zero-order valence-corrected chi connectivity index (χ0v) is 10.8. The molecule has 3 nitrogen and oxygen atoms in total. The first-order valence-electron chi connectivity index (χ1n) is 5.30. The van der Waals surface area contributed by atoms with Crippen LogP contribution in [0.1, 0.15) is 5.69 Å². The average Bonchev–Trinajstić information content (AvgIpc) is 2.71. The first kappa shape index (κ1) is 10.5. The Morgan fingerprint density at radius 2 is 2.06 bits per heavy atom. The Balaban J connectivity index is 2.27. The van der Waals surface area contributed by atoms with Crippen molar-refractivity contribution in [1.29, 1.82) is 0 Å². The van der Waals surface area contributed by atoms with E-state index in [1.165, 1.54) is 0 Å². The highest BCUT2D eigenvalue weighted by Crippen LogP contribution is 2.20. The topological polar surface area (TPSA) is 30.7 Å². The van der Waals surface area contributed by atoms with Crippen LogP contribution in [0.15, 0.2) is 47.2 Å². The summed E-state index contributed by atoms with van der Waals surface area (Å²) in [6, 6.07) is 10.1. The van der Waals surface area contributed by atoms with E-state index in [1.54, 1.807) is 0 Å². The lowest BCUT2D eigenvalue weighted by Crippen LogP contribution is -1.96. The summed E-state index contributed by atoms with van der Waals surface area (Å²) in [7, 11) is 0. The lowest BCUT2D eigenvalue weighted by Gasteiger charge is -2.04. The van der Waals surface area contributed by atoms with Crippen molar-refractivity contribution in [2.75, 3.05) is 0 Å². The summed E-state index contributed by atoms with van der Waals surface area (Å²) in [4.78, 5) is 4.27. The van der Waals surface area contributed by atoms with E-state index in [2.05, 4.69) is 26.0 Å². The zero-order chi connectivity index (χ0) is 11.8. The van der Waals surface area contributed by atoms with E-state index < -0.39 is 0 Å². The maximum Gasteiger partial charge on any atom is 0.0774 e. The fourth-order valence-electron chi connectivity index (χ4n) is 1.83. The van der Waals surface area contributed by atoms with Crippen molar-refractivity contribution in [2.24, 2.45) is 0 Å². The van der Waals surface area contributed by atoms with E-state index in [1.807, 2.05) is 54.3 Å². The molecule has 2 aromatic heterocycles. The number of fused-ring (bicyclic) bond motifs is 1. The van der Waals surface area contributed by atoms with Crippen molar-refractivity contribution in [3.63, 3.8) is 0 Å². The molecule has 3 rings (SSSR count). The highest BCUT2D eigenvalue weighted by atomic mass is 79.9. The van der Waals surface area contributed by atoms with Crippen molar-refractivity contribution in [3.8, 4) is 5.69 Å². The third kappa shape index (κ3) is 1.85. The van der Waals surface area contributed by atoms with Gasteiger partial charge in [0.05, 0.1) is 17.4 Å². The Bertz CT molecular complexity index is 688. The lowest BCUT2D eigenvalue weighted by molar-refractivity contribution is 0.909. The molecule has 2 heterocycles. The molecule has 0 spiro atoms. The molecule has 0 fully saturated rings. The van der Waals surface area contributed by atoms with Crippen LogP contribution in [-0.2, 0) is 0 Å². The van der Waals surface area contributed by atoms with Gasteiger partial charge in [0.15, 0.2) is 0 Å². The average molecular weight is 288 g/mol. The van der Waals surface area contributed by atoms with E-state index in [4.69, 9.17) is 0 Å². The predicted octanol–water partition coefficient (Wildman–Crippen LogP) is 3.49. The second kappa shape index (κ2) is 3.96. The number of aryl methyl sites for hydroxylation is 1. The SMILES string of the molecule is Cc1cc2c(cn1)cnn2-c1cccc(Br)c1. The zero-order valence-electron chi connectivity index (χ0n) is 9.26. The number of pyridine rings is 1. The number of hydrogen-bond acceptors (Lipinski definition) is 2.